The second kappa shape index (κ2) is 10.7. The molecule has 0 radical (unpaired) electrons. The highest BCUT2D eigenvalue weighted by atomic mass is 32.1. The van der Waals surface area contributed by atoms with Crippen LogP contribution in [0, 0.1) is 6.92 Å². The monoisotopic (exact) mass is 501 g/mol. The molecule has 1 aliphatic rings. The van der Waals surface area contributed by atoms with Crippen LogP contribution in [0.2, 0.25) is 0 Å². The van der Waals surface area contributed by atoms with Crippen molar-refractivity contribution in [2.45, 2.75) is 33.0 Å². The first-order valence-corrected chi connectivity index (χ1v) is 13.2. The molecule has 1 fully saturated rings. The van der Waals surface area contributed by atoms with Crippen LogP contribution in [-0.2, 0) is 22.7 Å². The van der Waals surface area contributed by atoms with Crippen LogP contribution in [0.4, 0.5) is 0 Å². The molecule has 0 unspecified atom stereocenters. The number of carbonyl (C=O) groups excluding carboxylic acids is 2. The summed E-state index contributed by atoms with van der Waals surface area (Å²) in [6, 6.07) is 22.1. The lowest BCUT2D eigenvalue weighted by Gasteiger charge is -2.40. The van der Waals surface area contributed by atoms with E-state index in [4.69, 9.17) is 4.74 Å². The quantitative estimate of drug-likeness (QED) is 0.360. The molecule has 2 aromatic heterocycles. The van der Waals surface area contributed by atoms with Crippen LogP contribution in [0.15, 0.2) is 72.1 Å². The summed E-state index contributed by atoms with van der Waals surface area (Å²) in [6.45, 7) is 6.74. The zero-order valence-corrected chi connectivity index (χ0v) is 21.5. The van der Waals surface area contributed by atoms with Gasteiger partial charge in [0.15, 0.2) is 0 Å². The van der Waals surface area contributed by atoms with Gasteiger partial charge in [-0.25, -0.2) is 0 Å². The van der Waals surface area contributed by atoms with E-state index in [2.05, 4.69) is 35.1 Å². The largest absolute Gasteiger partial charge is 0.367 e. The van der Waals surface area contributed by atoms with E-state index in [1.165, 1.54) is 11.1 Å². The Labute approximate surface area is 215 Å². The summed E-state index contributed by atoms with van der Waals surface area (Å²) in [5.74, 6) is -0.0137. The topological polar surface area (TPSA) is 54.8 Å². The predicted octanol–water partition coefficient (Wildman–Crippen LogP) is 4.95. The third-order valence-electron chi connectivity index (χ3n) is 6.88. The Morgan fingerprint density at radius 3 is 2.58 bits per heavy atom. The number of rotatable bonds is 7. The molecule has 186 valence electrons. The first-order chi connectivity index (χ1) is 17.5. The molecule has 0 saturated carbocycles. The minimum absolute atomic E-state index is 0.0197. The minimum Gasteiger partial charge on any atom is -0.367 e. The molecule has 36 heavy (non-hydrogen) atoms. The Balaban J connectivity index is 1.25. The van der Waals surface area contributed by atoms with Crippen molar-refractivity contribution in [1.82, 2.24) is 14.4 Å². The number of piperazine rings is 1. The van der Waals surface area contributed by atoms with E-state index in [1.807, 2.05) is 65.3 Å². The fourth-order valence-corrected chi connectivity index (χ4v) is 5.75. The maximum Gasteiger partial charge on any atom is 0.270 e. The molecule has 2 amide bonds. The molecule has 0 spiro atoms. The Kier molecular flexibility index (Phi) is 7.20. The second-order valence-corrected chi connectivity index (χ2v) is 10.3. The van der Waals surface area contributed by atoms with E-state index in [0.29, 0.717) is 38.5 Å². The van der Waals surface area contributed by atoms with Crippen molar-refractivity contribution in [2.24, 2.45) is 0 Å². The highest BCUT2D eigenvalue weighted by molar-refractivity contribution is 7.16. The van der Waals surface area contributed by atoms with Crippen LogP contribution in [0.1, 0.15) is 34.1 Å². The average molecular weight is 502 g/mol. The second-order valence-electron chi connectivity index (χ2n) is 9.39. The van der Waals surface area contributed by atoms with E-state index >= 15 is 0 Å². The van der Waals surface area contributed by atoms with Gasteiger partial charge in [-0.15, -0.1) is 11.3 Å². The number of amides is 2. The molecule has 4 aromatic rings. The van der Waals surface area contributed by atoms with E-state index in [9.17, 15) is 9.59 Å². The van der Waals surface area contributed by atoms with E-state index in [0.717, 1.165) is 15.8 Å². The number of aryl methyl sites for hydroxylation is 1. The van der Waals surface area contributed by atoms with Gasteiger partial charge in [0.05, 0.1) is 6.61 Å². The number of carbonyl (C=O) groups is 2. The van der Waals surface area contributed by atoms with Crippen LogP contribution < -0.4 is 0 Å². The lowest BCUT2D eigenvalue weighted by molar-refractivity contribution is -0.140. The highest BCUT2D eigenvalue weighted by Gasteiger charge is 2.31. The van der Waals surface area contributed by atoms with E-state index in [-0.39, 0.29) is 24.5 Å². The summed E-state index contributed by atoms with van der Waals surface area (Å²) in [5.41, 5.74) is 4.17. The molecule has 5 rings (SSSR count). The number of hydrogen-bond donors (Lipinski definition) is 0. The maximum absolute atomic E-state index is 13.7. The molecule has 1 saturated heterocycles. The average Bonchev–Trinajstić information content (AvgIpc) is 3.48. The summed E-state index contributed by atoms with van der Waals surface area (Å²) in [7, 11) is 0. The number of thiophene rings is 1. The zero-order valence-electron chi connectivity index (χ0n) is 20.7. The molecular formula is C29H31N3O3S. The first kappa shape index (κ1) is 24.3. The van der Waals surface area contributed by atoms with Gasteiger partial charge in [-0.2, -0.15) is 0 Å². The fourth-order valence-electron chi connectivity index (χ4n) is 4.85. The molecule has 1 atom stereocenters. The Morgan fingerprint density at radius 1 is 1.03 bits per heavy atom. The predicted molar refractivity (Wildman–Crippen MR) is 143 cm³/mol. The molecule has 1 aliphatic heterocycles. The van der Waals surface area contributed by atoms with Crippen LogP contribution in [-0.4, -0.2) is 58.5 Å². The van der Waals surface area contributed by atoms with Gasteiger partial charge < -0.3 is 19.1 Å². The fraction of sp³-hybridized carbons (Fsp3) is 0.310. The number of fused-ring (bicyclic) bond motifs is 1. The van der Waals surface area contributed by atoms with Crippen LogP contribution in [0.5, 0.6) is 0 Å². The Hall–Kier alpha value is -3.42. The summed E-state index contributed by atoms with van der Waals surface area (Å²) >= 11 is 1.66. The molecule has 3 heterocycles. The third kappa shape index (κ3) is 5.08. The van der Waals surface area contributed by atoms with Gasteiger partial charge in [0.2, 0.25) is 5.91 Å². The highest BCUT2D eigenvalue weighted by Crippen LogP contribution is 2.28. The Morgan fingerprint density at radius 2 is 1.81 bits per heavy atom. The van der Waals surface area contributed by atoms with Crippen molar-refractivity contribution in [1.29, 1.82) is 0 Å². The summed E-state index contributed by atoms with van der Waals surface area (Å²) in [6.07, 6.45) is 0. The van der Waals surface area contributed by atoms with Gasteiger partial charge >= 0.3 is 0 Å². The van der Waals surface area contributed by atoms with Gasteiger partial charge in [-0.1, -0.05) is 54.6 Å². The Bertz CT molecular complexity index is 1360. The van der Waals surface area contributed by atoms with Crippen molar-refractivity contribution in [2.75, 3.05) is 26.2 Å². The van der Waals surface area contributed by atoms with Crippen LogP contribution in [0.25, 0.3) is 10.2 Å². The first-order valence-electron chi connectivity index (χ1n) is 12.3. The van der Waals surface area contributed by atoms with Crippen molar-refractivity contribution < 1.29 is 14.3 Å². The summed E-state index contributed by atoms with van der Waals surface area (Å²) in [4.78, 5) is 31.3. The minimum atomic E-state index is -0.0728. The molecule has 0 aliphatic carbocycles. The zero-order chi connectivity index (χ0) is 25.1. The molecule has 7 heteroatoms. The van der Waals surface area contributed by atoms with Gasteiger partial charge in [-0.3, -0.25) is 9.59 Å². The molecular weight excluding hydrogens is 470 g/mol. The molecule has 0 N–H and O–H groups in total. The third-order valence-corrected chi connectivity index (χ3v) is 7.83. The van der Waals surface area contributed by atoms with Crippen LogP contribution in [0.3, 0.4) is 0 Å². The lowest BCUT2D eigenvalue weighted by atomic mass is 10.1. The standard InChI is InChI=1S/C29H31N3O3S/c1-21-8-6-7-11-25(21)18-32-26(16-24-12-15-36-29(24)32)28(34)30-13-14-31(22(2)17-30)27(33)20-35-19-23-9-4-3-5-10-23/h3-12,15-16,22H,13-14,17-20H2,1-2H3/t22-/m0/s1. The SMILES string of the molecule is Cc1ccccc1Cn1c(C(=O)N2CCN(C(=O)COCc3ccccc3)[C@@H](C)C2)cc2ccsc21. The maximum atomic E-state index is 13.7. The van der Waals surface area contributed by atoms with Crippen molar-refractivity contribution >= 4 is 33.4 Å². The summed E-state index contributed by atoms with van der Waals surface area (Å²) < 4.78 is 7.80. The number of benzene rings is 2. The van der Waals surface area contributed by atoms with Gasteiger partial charge in [0.25, 0.3) is 5.91 Å². The van der Waals surface area contributed by atoms with Gasteiger partial charge in [0, 0.05) is 37.6 Å². The normalized spacial score (nSPS) is 16.0. The van der Waals surface area contributed by atoms with Crippen molar-refractivity contribution in [3.05, 3.63) is 94.5 Å². The smallest absolute Gasteiger partial charge is 0.270 e. The number of aromatic nitrogens is 1. The van der Waals surface area contributed by atoms with Gasteiger partial charge in [0.1, 0.15) is 17.1 Å². The van der Waals surface area contributed by atoms with Crippen molar-refractivity contribution in [3.8, 4) is 0 Å². The van der Waals surface area contributed by atoms with Crippen molar-refractivity contribution in [3.63, 3.8) is 0 Å². The summed E-state index contributed by atoms with van der Waals surface area (Å²) in [5, 5.41) is 3.16. The van der Waals surface area contributed by atoms with Gasteiger partial charge in [-0.05, 0) is 48.1 Å². The number of nitrogens with zero attached hydrogens (tertiary/aromatic N) is 3. The molecule has 0 bridgehead atoms. The van der Waals surface area contributed by atoms with Crippen LogP contribution >= 0.6 is 11.3 Å². The molecule has 6 nitrogen and oxygen atoms in total. The number of hydrogen-bond acceptors (Lipinski definition) is 4. The van der Waals surface area contributed by atoms with E-state index in [1.54, 1.807) is 11.3 Å². The molecule has 2 aromatic carbocycles. The lowest BCUT2D eigenvalue weighted by Crippen LogP contribution is -2.56. The van der Waals surface area contributed by atoms with E-state index < -0.39 is 0 Å². The number of ether oxygens (including phenoxy) is 1.